The predicted octanol–water partition coefficient (Wildman–Crippen LogP) is 3.50. The van der Waals surface area contributed by atoms with Crippen molar-refractivity contribution in [2.75, 3.05) is 19.4 Å². The summed E-state index contributed by atoms with van der Waals surface area (Å²) < 4.78 is 59.0. The highest BCUT2D eigenvalue weighted by Gasteiger charge is 2.22. The Bertz CT molecular complexity index is 1230. The molecule has 3 N–H and O–H groups in total. The fourth-order valence-corrected chi connectivity index (χ4v) is 4.22. The zero-order chi connectivity index (χ0) is 23.5. The fraction of sp³-hybridized carbons (Fsp3) is 0.136. The van der Waals surface area contributed by atoms with E-state index in [1.807, 2.05) is 0 Å². The van der Waals surface area contributed by atoms with E-state index in [1.165, 1.54) is 37.4 Å². The van der Waals surface area contributed by atoms with Gasteiger partial charge in [0.05, 0.1) is 4.90 Å². The van der Waals surface area contributed by atoms with E-state index in [-0.39, 0.29) is 22.9 Å². The molecule has 0 unspecified atom stereocenters. The molecular formula is C22H20F2N2O5S. The van der Waals surface area contributed by atoms with E-state index in [4.69, 9.17) is 15.6 Å². The van der Waals surface area contributed by atoms with Gasteiger partial charge in [0.25, 0.3) is 0 Å². The van der Waals surface area contributed by atoms with Gasteiger partial charge in [-0.15, -0.1) is 0 Å². The second kappa shape index (κ2) is 9.33. The first-order chi connectivity index (χ1) is 15.1. The number of nitrogens with zero attached hydrogens (tertiary/aromatic N) is 1. The third-order valence-corrected chi connectivity index (χ3v) is 6.37. The Morgan fingerprint density at radius 2 is 1.72 bits per heavy atom. The molecule has 0 aliphatic heterocycles. The summed E-state index contributed by atoms with van der Waals surface area (Å²) in [4.78, 5) is 10.8. The summed E-state index contributed by atoms with van der Waals surface area (Å²) in [7, 11) is -2.53. The zero-order valence-electron chi connectivity index (χ0n) is 17.0. The molecule has 0 heterocycles. The highest BCUT2D eigenvalue weighted by Crippen LogP contribution is 2.33. The molecule has 3 rings (SSSR count). The summed E-state index contributed by atoms with van der Waals surface area (Å²) in [5, 5.41) is 8.91. The Labute approximate surface area is 183 Å². The van der Waals surface area contributed by atoms with E-state index in [0.717, 1.165) is 22.5 Å². The van der Waals surface area contributed by atoms with Gasteiger partial charge in [0.2, 0.25) is 10.0 Å². The van der Waals surface area contributed by atoms with Crippen molar-refractivity contribution in [3.8, 4) is 16.9 Å². The quantitative estimate of drug-likeness (QED) is 0.496. The molecule has 0 atom stereocenters. The summed E-state index contributed by atoms with van der Waals surface area (Å²) in [5.74, 6) is -2.16. The lowest BCUT2D eigenvalue weighted by atomic mass is 10.0. The van der Waals surface area contributed by atoms with Gasteiger partial charge in [-0.3, -0.25) is 0 Å². The van der Waals surface area contributed by atoms with Crippen molar-refractivity contribution in [2.45, 2.75) is 11.4 Å². The zero-order valence-corrected chi connectivity index (χ0v) is 17.8. The maximum absolute atomic E-state index is 13.9. The molecule has 3 aromatic carbocycles. The summed E-state index contributed by atoms with van der Waals surface area (Å²) >= 11 is 0. The summed E-state index contributed by atoms with van der Waals surface area (Å²) in [5.41, 5.74) is 7.11. The number of rotatable bonds is 8. The predicted molar refractivity (Wildman–Crippen MR) is 114 cm³/mol. The second-order valence-electron chi connectivity index (χ2n) is 7.00. The van der Waals surface area contributed by atoms with Crippen molar-refractivity contribution in [1.29, 1.82) is 0 Å². The van der Waals surface area contributed by atoms with Gasteiger partial charge in [0, 0.05) is 24.8 Å². The third-order valence-electron chi connectivity index (χ3n) is 4.55. The normalized spacial score (nSPS) is 11.5. The van der Waals surface area contributed by atoms with E-state index in [9.17, 15) is 22.0 Å². The first kappa shape index (κ1) is 23.2. The van der Waals surface area contributed by atoms with Gasteiger partial charge in [-0.1, -0.05) is 6.07 Å². The van der Waals surface area contributed by atoms with Crippen LogP contribution in [0.4, 0.5) is 14.5 Å². The van der Waals surface area contributed by atoms with Crippen LogP contribution in [0.3, 0.4) is 0 Å². The van der Waals surface area contributed by atoms with E-state index < -0.39 is 34.2 Å². The summed E-state index contributed by atoms with van der Waals surface area (Å²) in [6.45, 7) is -0.674. The topological polar surface area (TPSA) is 110 Å². The molecule has 10 heteroatoms. The van der Waals surface area contributed by atoms with Crippen LogP contribution in [0, 0.1) is 11.6 Å². The number of anilines is 1. The Kier molecular flexibility index (Phi) is 6.75. The molecular weight excluding hydrogens is 442 g/mol. The van der Waals surface area contributed by atoms with E-state index >= 15 is 0 Å². The van der Waals surface area contributed by atoms with Crippen molar-refractivity contribution in [3.63, 3.8) is 0 Å². The largest absolute Gasteiger partial charge is 0.481 e. The Hall–Kier alpha value is -3.50. The van der Waals surface area contributed by atoms with Crippen LogP contribution >= 0.6 is 0 Å². The summed E-state index contributed by atoms with van der Waals surface area (Å²) in [6, 6.07) is 12.9. The van der Waals surface area contributed by atoms with E-state index in [2.05, 4.69) is 0 Å². The molecule has 168 valence electrons. The minimum atomic E-state index is -3.90. The van der Waals surface area contributed by atoms with Crippen molar-refractivity contribution in [2.24, 2.45) is 0 Å². The van der Waals surface area contributed by atoms with Gasteiger partial charge in [0.15, 0.2) is 6.61 Å². The lowest BCUT2D eigenvalue weighted by Gasteiger charge is -2.19. The van der Waals surface area contributed by atoms with E-state index in [1.54, 1.807) is 12.1 Å². The molecule has 0 fully saturated rings. The number of carboxylic acids is 1. The molecule has 0 radical (unpaired) electrons. The minimum Gasteiger partial charge on any atom is -0.481 e. The monoisotopic (exact) mass is 462 g/mol. The number of aliphatic carboxylic acids is 1. The number of nitrogens with two attached hydrogens (primary N) is 1. The van der Waals surface area contributed by atoms with Gasteiger partial charge < -0.3 is 15.6 Å². The van der Waals surface area contributed by atoms with Crippen LogP contribution in [0.2, 0.25) is 0 Å². The number of carbonyl (C=O) groups is 1. The fourth-order valence-electron chi connectivity index (χ4n) is 3.06. The van der Waals surface area contributed by atoms with Gasteiger partial charge in [-0.25, -0.2) is 22.0 Å². The van der Waals surface area contributed by atoms with Crippen LogP contribution in [0.15, 0.2) is 65.6 Å². The molecule has 0 spiro atoms. The minimum absolute atomic E-state index is 0.0588. The maximum Gasteiger partial charge on any atom is 0.341 e. The van der Waals surface area contributed by atoms with Crippen molar-refractivity contribution >= 4 is 21.7 Å². The lowest BCUT2D eigenvalue weighted by Crippen LogP contribution is -2.26. The summed E-state index contributed by atoms with van der Waals surface area (Å²) in [6.07, 6.45) is 0. The van der Waals surface area contributed by atoms with Crippen molar-refractivity contribution in [1.82, 2.24) is 4.31 Å². The molecule has 0 aromatic heterocycles. The second-order valence-corrected chi connectivity index (χ2v) is 9.05. The number of carboxylic acid groups (broad SMARTS) is 1. The van der Waals surface area contributed by atoms with Crippen LogP contribution in [0.1, 0.15) is 5.56 Å². The third kappa shape index (κ3) is 5.40. The van der Waals surface area contributed by atoms with Crippen LogP contribution in [0.5, 0.6) is 5.75 Å². The number of hydrogen-bond donors (Lipinski definition) is 2. The molecule has 7 nitrogen and oxygen atoms in total. The molecule has 0 amide bonds. The molecule has 0 saturated heterocycles. The van der Waals surface area contributed by atoms with Gasteiger partial charge in [0.1, 0.15) is 17.4 Å². The smallest absolute Gasteiger partial charge is 0.341 e. The van der Waals surface area contributed by atoms with Crippen LogP contribution in [-0.4, -0.2) is 37.5 Å². The first-order valence-corrected chi connectivity index (χ1v) is 10.8. The Morgan fingerprint density at radius 1 is 1.03 bits per heavy atom. The molecule has 3 aromatic rings. The highest BCUT2D eigenvalue weighted by atomic mass is 32.2. The SMILES string of the molecule is CN(Cc1ccc(OCC(=O)O)c(-c2cc(N)cc(F)c2)c1)S(=O)(=O)c1ccc(F)cc1. The molecule has 0 bridgehead atoms. The average Bonchev–Trinajstić information content (AvgIpc) is 2.72. The molecule has 0 aliphatic carbocycles. The van der Waals surface area contributed by atoms with Crippen molar-refractivity contribution in [3.05, 3.63) is 77.9 Å². The molecule has 0 aliphatic rings. The molecule has 0 saturated carbocycles. The Balaban J connectivity index is 1.96. The Morgan fingerprint density at radius 3 is 2.34 bits per heavy atom. The molecule has 32 heavy (non-hydrogen) atoms. The number of halogens is 2. The van der Waals surface area contributed by atoms with Gasteiger partial charge in [-0.2, -0.15) is 4.31 Å². The van der Waals surface area contributed by atoms with Crippen molar-refractivity contribution < 1.29 is 31.8 Å². The van der Waals surface area contributed by atoms with Crippen LogP contribution in [-0.2, 0) is 21.4 Å². The number of sulfonamides is 1. The van der Waals surface area contributed by atoms with Crippen LogP contribution in [0.25, 0.3) is 11.1 Å². The standard InChI is InChI=1S/C22H20F2N2O5S/c1-26(32(29,30)19-5-3-16(23)4-6-19)12-14-2-7-21(31-13-22(27)28)20(8-14)15-9-17(24)11-18(25)10-15/h2-11H,12-13,25H2,1H3,(H,27,28). The first-order valence-electron chi connectivity index (χ1n) is 9.32. The number of hydrogen-bond acceptors (Lipinski definition) is 5. The highest BCUT2D eigenvalue weighted by molar-refractivity contribution is 7.89. The van der Waals surface area contributed by atoms with Crippen LogP contribution < -0.4 is 10.5 Å². The van der Waals surface area contributed by atoms with Gasteiger partial charge >= 0.3 is 5.97 Å². The maximum atomic E-state index is 13.9. The van der Waals surface area contributed by atoms with E-state index in [0.29, 0.717) is 16.7 Å². The van der Waals surface area contributed by atoms with Gasteiger partial charge in [-0.05, 0) is 65.7 Å². The number of benzene rings is 3. The number of nitrogen functional groups attached to an aromatic ring is 1. The number of ether oxygens (including phenoxy) is 1. The lowest BCUT2D eigenvalue weighted by molar-refractivity contribution is -0.139. The average molecular weight is 462 g/mol.